The van der Waals surface area contributed by atoms with Crippen molar-refractivity contribution < 1.29 is 9.53 Å². The van der Waals surface area contributed by atoms with Crippen LogP contribution in [-0.4, -0.2) is 18.7 Å². The van der Waals surface area contributed by atoms with E-state index in [1.165, 1.54) is 6.21 Å². The Bertz CT molecular complexity index is 769. The Morgan fingerprint density at radius 1 is 1.24 bits per heavy atom. The minimum Gasteiger partial charge on any atom is -0.483 e. The minimum absolute atomic E-state index is 0.128. The highest BCUT2D eigenvalue weighted by molar-refractivity contribution is 6.38. The van der Waals surface area contributed by atoms with E-state index in [0.717, 1.165) is 11.1 Å². The molecule has 4 nitrogen and oxygen atoms in total. The number of carbonyl (C=O) groups excluding carboxylic acids is 1. The first kappa shape index (κ1) is 19.3. The third kappa shape index (κ3) is 5.48. The molecule has 132 valence electrons. The highest BCUT2D eigenvalue weighted by Crippen LogP contribution is 2.27. The lowest BCUT2D eigenvalue weighted by atomic mass is 10.0. The van der Waals surface area contributed by atoms with E-state index < -0.39 is 0 Å². The number of halogens is 2. The van der Waals surface area contributed by atoms with Gasteiger partial charge in [0.15, 0.2) is 6.61 Å². The van der Waals surface area contributed by atoms with Crippen molar-refractivity contribution in [1.29, 1.82) is 0 Å². The first-order valence-corrected chi connectivity index (χ1v) is 8.63. The molecule has 25 heavy (non-hydrogen) atoms. The summed E-state index contributed by atoms with van der Waals surface area (Å²) in [6, 6.07) is 11.1. The molecule has 0 fully saturated rings. The van der Waals surface area contributed by atoms with Gasteiger partial charge in [0.05, 0.1) is 16.3 Å². The minimum atomic E-state index is -0.365. The zero-order valence-electron chi connectivity index (χ0n) is 14.3. The third-order valence-corrected chi connectivity index (χ3v) is 4.19. The van der Waals surface area contributed by atoms with Gasteiger partial charge in [0.2, 0.25) is 0 Å². The van der Waals surface area contributed by atoms with Crippen molar-refractivity contribution in [3.63, 3.8) is 0 Å². The fourth-order valence-electron chi connectivity index (χ4n) is 2.22. The van der Waals surface area contributed by atoms with E-state index >= 15 is 0 Å². The van der Waals surface area contributed by atoms with Crippen molar-refractivity contribution in [2.75, 3.05) is 6.61 Å². The number of benzene rings is 2. The molecule has 0 unspecified atom stereocenters. The predicted octanol–water partition coefficient (Wildman–Crippen LogP) is 4.95. The maximum atomic E-state index is 11.9. The van der Waals surface area contributed by atoms with Crippen LogP contribution in [-0.2, 0) is 4.79 Å². The number of hydrogen-bond donors (Lipinski definition) is 1. The van der Waals surface area contributed by atoms with Gasteiger partial charge in [-0.15, -0.1) is 0 Å². The van der Waals surface area contributed by atoms with Crippen molar-refractivity contribution in [3.8, 4) is 5.75 Å². The van der Waals surface area contributed by atoms with Gasteiger partial charge in [-0.2, -0.15) is 5.10 Å². The van der Waals surface area contributed by atoms with Gasteiger partial charge in [0.1, 0.15) is 5.75 Å². The van der Waals surface area contributed by atoms with Crippen molar-refractivity contribution >= 4 is 35.3 Å². The maximum Gasteiger partial charge on any atom is 0.277 e. The quantitative estimate of drug-likeness (QED) is 0.570. The van der Waals surface area contributed by atoms with Gasteiger partial charge < -0.3 is 4.74 Å². The van der Waals surface area contributed by atoms with E-state index in [1.54, 1.807) is 18.2 Å². The van der Waals surface area contributed by atoms with E-state index in [4.69, 9.17) is 27.9 Å². The zero-order valence-corrected chi connectivity index (χ0v) is 15.9. The molecule has 0 saturated heterocycles. The fourth-order valence-corrected chi connectivity index (χ4v) is 2.72. The molecule has 0 bridgehead atoms. The fraction of sp³-hybridized carbons (Fsp3) is 0.263. The molecular weight excluding hydrogens is 359 g/mol. The number of carbonyl (C=O) groups is 1. The van der Waals surface area contributed by atoms with E-state index in [9.17, 15) is 4.79 Å². The molecule has 2 aromatic carbocycles. The number of aryl methyl sites for hydroxylation is 1. The largest absolute Gasteiger partial charge is 0.483 e. The van der Waals surface area contributed by atoms with Crippen LogP contribution in [0, 0.1) is 6.92 Å². The molecule has 0 spiro atoms. The summed E-state index contributed by atoms with van der Waals surface area (Å²) in [6.45, 7) is 6.01. The van der Waals surface area contributed by atoms with Crippen LogP contribution in [0.15, 0.2) is 41.5 Å². The van der Waals surface area contributed by atoms with E-state index in [2.05, 4.69) is 24.4 Å². The first-order chi connectivity index (χ1) is 11.9. The van der Waals surface area contributed by atoms with Crippen LogP contribution in [0.25, 0.3) is 0 Å². The number of hydrogen-bond acceptors (Lipinski definition) is 3. The van der Waals surface area contributed by atoms with Crippen molar-refractivity contribution in [2.24, 2.45) is 5.10 Å². The molecule has 0 saturated carbocycles. The molecule has 2 aromatic rings. The number of hydrazone groups is 1. The number of nitrogens with zero attached hydrogens (tertiary/aromatic N) is 1. The summed E-state index contributed by atoms with van der Waals surface area (Å²) in [4.78, 5) is 11.9. The molecule has 0 aromatic heterocycles. The second-order valence-corrected chi connectivity index (χ2v) is 6.73. The standard InChI is InChI=1S/C19H20Cl2N2O2/c1-12(2)14-8-7-13(3)9-18(14)25-11-19(24)23-22-10-15-16(20)5-4-6-17(15)21/h4-10,12H,11H2,1-3H3,(H,23,24). The monoisotopic (exact) mass is 378 g/mol. The van der Waals surface area contributed by atoms with E-state index in [0.29, 0.717) is 27.3 Å². The summed E-state index contributed by atoms with van der Waals surface area (Å²) in [7, 11) is 0. The van der Waals surface area contributed by atoms with Gasteiger partial charge in [0, 0.05) is 5.56 Å². The van der Waals surface area contributed by atoms with Crippen LogP contribution in [0.2, 0.25) is 10.0 Å². The topological polar surface area (TPSA) is 50.7 Å². The molecule has 0 aliphatic rings. The number of ether oxygens (including phenoxy) is 1. The highest BCUT2D eigenvalue weighted by Gasteiger charge is 2.10. The number of rotatable bonds is 6. The summed E-state index contributed by atoms with van der Waals surface area (Å²) in [5.74, 6) is 0.651. The Hall–Kier alpha value is -2.04. The predicted molar refractivity (Wildman–Crippen MR) is 103 cm³/mol. The smallest absolute Gasteiger partial charge is 0.277 e. The molecule has 6 heteroatoms. The van der Waals surface area contributed by atoms with Crippen LogP contribution >= 0.6 is 23.2 Å². The lowest BCUT2D eigenvalue weighted by Crippen LogP contribution is -2.25. The average Bonchev–Trinajstić information content (AvgIpc) is 2.55. The Balaban J connectivity index is 1.96. The van der Waals surface area contributed by atoms with Crippen LogP contribution in [0.4, 0.5) is 0 Å². The number of amides is 1. The van der Waals surface area contributed by atoms with Crippen LogP contribution in [0.1, 0.15) is 36.5 Å². The molecule has 0 heterocycles. The van der Waals surface area contributed by atoms with Crippen molar-refractivity contribution in [3.05, 3.63) is 63.1 Å². The lowest BCUT2D eigenvalue weighted by Gasteiger charge is -2.14. The third-order valence-electron chi connectivity index (χ3n) is 3.53. The van der Waals surface area contributed by atoms with Crippen LogP contribution in [0.3, 0.4) is 0 Å². The Morgan fingerprint density at radius 2 is 1.92 bits per heavy atom. The second-order valence-electron chi connectivity index (χ2n) is 5.91. The Kier molecular flexibility index (Phi) is 6.85. The zero-order chi connectivity index (χ0) is 18.4. The summed E-state index contributed by atoms with van der Waals surface area (Å²) < 4.78 is 5.65. The Labute approximate surface area is 157 Å². The SMILES string of the molecule is Cc1ccc(C(C)C)c(OCC(=O)NN=Cc2c(Cl)cccc2Cl)c1. The van der Waals surface area contributed by atoms with Gasteiger partial charge >= 0.3 is 0 Å². The summed E-state index contributed by atoms with van der Waals surface area (Å²) in [6.07, 6.45) is 1.41. The highest BCUT2D eigenvalue weighted by atomic mass is 35.5. The first-order valence-electron chi connectivity index (χ1n) is 7.87. The molecule has 1 amide bonds. The van der Waals surface area contributed by atoms with Crippen molar-refractivity contribution in [2.45, 2.75) is 26.7 Å². The van der Waals surface area contributed by atoms with Crippen molar-refractivity contribution in [1.82, 2.24) is 5.43 Å². The molecule has 0 atom stereocenters. The normalized spacial score (nSPS) is 11.1. The maximum absolute atomic E-state index is 11.9. The van der Waals surface area contributed by atoms with Gasteiger partial charge in [-0.05, 0) is 42.2 Å². The molecule has 1 N–H and O–H groups in total. The van der Waals surface area contributed by atoms with Gasteiger partial charge in [-0.25, -0.2) is 5.43 Å². The second kappa shape index (κ2) is 8.88. The van der Waals surface area contributed by atoms with E-state index in [-0.39, 0.29) is 12.5 Å². The Morgan fingerprint density at radius 3 is 2.56 bits per heavy atom. The van der Waals surface area contributed by atoms with Crippen LogP contribution in [0.5, 0.6) is 5.75 Å². The van der Waals surface area contributed by atoms with Gasteiger partial charge in [-0.3, -0.25) is 4.79 Å². The van der Waals surface area contributed by atoms with Gasteiger partial charge in [-0.1, -0.05) is 55.2 Å². The van der Waals surface area contributed by atoms with Crippen LogP contribution < -0.4 is 10.2 Å². The molecule has 0 aliphatic carbocycles. The molecule has 0 radical (unpaired) electrons. The molecule has 0 aliphatic heterocycles. The summed E-state index contributed by atoms with van der Waals surface area (Å²) in [5.41, 5.74) is 5.09. The van der Waals surface area contributed by atoms with Gasteiger partial charge in [0.25, 0.3) is 5.91 Å². The van der Waals surface area contributed by atoms with E-state index in [1.807, 2.05) is 25.1 Å². The molecule has 2 rings (SSSR count). The average molecular weight is 379 g/mol. The molecular formula is C19H20Cl2N2O2. The lowest BCUT2D eigenvalue weighted by molar-refractivity contribution is -0.123. The summed E-state index contributed by atoms with van der Waals surface area (Å²) in [5, 5.41) is 4.80. The summed E-state index contributed by atoms with van der Waals surface area (Å²) >= 11 is 12.1. The number of nitrogens with one attached hydrogen (secondary N) is 1.